The van der Waals surface area contributed by atoms with Crippen LogP contribution in [0.2, 0.25) is 0 Å². The number of hydrogen-bond acceptors (Lipinski definition) is 6. The van der Waals surface area contributed by atoms with Gasteiger partial charge in [-0.15, -0.1) is 11.3 Å². The molecule has 2 amide bonds. The normalized spacial score (nSPS) is 11.0. The van der Waals surface area contributed by atoms with Crippen LogP contribution >= 0.6 is 11.3 Å². The van der Waals surface area contributed by atoms with Gasteiger partial charge in [0.25, 0.3) is 10.0 Å². The van der Waals surface area contributed by atoms with Crippen LogP contribution < -0.4 is 14.9 Å². The lowest BCUT2D eigenvalue weighted by atomic mass is 10.3. The smallest absolute Gasteiger partial charge is 0.308 e. The number of nitrogens with one attached hydrogen (secondary N) is 2. The first-order valence-corrected chi connectivity index (χ1v) is 11.8. The van der Waals surface area contributed by atoms with E-state index in [1.165, 1.54) is 17.7 Å². The molecule has 0 spiro atoms. The molecule has 0 fully saturated rings. The molecule has 2 heterocycles. The van der Waals surface area contributed by atoms with Crippen molar-refractivity contribution in [2.75, 3.05) is 22.0 Å². The van der Waals surface area contributed by atoms with E-state index in [1.54, 1.807) is 60.9 Å². The molecule has 2 aromatic heterocycles. The Bertz CT molecular complexity index is 1310. The molecule has 162 valence electrons. The van der Waals surface area contributed by atoms with Gasteiger partial charge in [-0.25, -0.2) is 23.2 Å². The summed E-state index contributed by atoms with van der Waals surface area (Å²) in [4.78, 5) is 20.8. The van der Waals surface area contributed by atoms with E-state index in [-0.39, 0.29) is 10.2 Å². The third-order valence-corrected chi connectivity index (χ3v) is 7.95. The minimum absolute atomic E-state index is 0.211. The maximum absolute atomic E-state index is 13.1. The van der Waals surface area contributed by atoms with Crippen molar-refractivity contribution in [3.8, 4) is 10.4 Å². The highest BCUT2D eigenvalue weighted by atomic mass is 32.2. The van der Waals surface area contributed by atoms with E-state index in [0.29, 0.717) is 17.1 Å². The van der Waals surface area contributed by atoms with Gasteiger partial charge >= 0.3 is 6.03 Å². The molecule has 0 aliphatic carbocycles. The Kier molecular flexibility index (Phi) is 6.15. The average Bonchev–Trinajstić information content (AvgIpc) is 3.32. The minimum atomic E-state index is -3.74. The standard InChI is InChI=1S/C22H19N5O3S2/c1-27(32(29,30)21-12-11-20(31-21)16-13-23-15-24-14-16)19-9-7-18(8-10-19)26-22(28)25-17-5-3-2-4-6-17/h2-15H,1H3,(H2,25,26,28). The number of urea groups is 1. The SMILES string of the molecule is CN(c1ccc(NC(=O)Nc2ccccc2)cc1)S(=O)(=O)c1ccc(-c2cncnc2)s1. The Morgan fingerprint density at radius 2 is 1.50 bits per heavy atom. The number of para-hydroxylation sites is 1. The lowest BCUT2D eigenvalue weighted by Crippen LogP contribution is -2.25. The molecule has 4 aromatic rings. The van der Waals surface area contributed by atoms with Crippen LogP contribution in [0, 0.1) is 0 Å². The van der Waals surface area contributed by atoms with E-state index in [0.717, 1.165) is 21.8 Å². The first kappa shape index (κ1) is 21.5. The number of thiophene rings is 1. The van der Waals surface area contributed by atoms with Crippen molar-refractivity contribution < 1.29 is 13.2 Å². The Morgan fingerprint density at radius 3 is 2.16 bits per heavy atom. The molecule has 2 N–H and O–H groups in total. The molecule has 0 radical (unpaired) electrons. The van der Waals surface area contributed by atoms with Gasteiger partial charge in [-0.3, -0.25) is 4.31 Å². The Labute approximate surface area is 189 Å². The fraction of sp³-hybridized carbons (Fsp3) is 0.0455. The van der Waals surface area contributed by atoms with Crippen LogP contribution in [0.1, 0.15) is 0 Å². The number of rotatable bonds is 6. The number of sulfonamides is 1. The number of carbonyl (C=O) groups is 1. The van der Waals surface area contributed by atoms with Crippen molar-refractivity contribution in [3.63, 3.8) is 0 Å². The van der Waals surface area contributed by atoms with Crippen molar-refractivity contribution >= 4 is 44.5 Å². The van der Waals surface area contributed by atoms with E-state index in [4.69, 9.17) is 0 Å². The molecule has 0 bridgehead atoms. The highest BCUT2D eigenvalue weighted by Crippen LogP contribution is 2.33. The third kappa shape index (κ3) is 4.76. The summed E-state index contributed by atoms with van der Waals surface area (Å²) >= 11 is 1.15. The minimum Gasteiger partial charge on any atom is -0.308 e. The summed E-state index contributed by atoms with van der Waals surface area (Å²) < 4.78 is 27.6. The largest absolute Gasteiger partial charge is 0.323 e. The topological polar surface area (TPSA) is 104 Å². The summed E-state index contributed by atoms with van der Waals surface area (Å²) in [5, 5.41) is 5.45. The number of benzene rings is 2. The molecule has 0 atom stereocenters. The van der Waals surface area contributed by atoms with E-state index in [1.807, 2.05) is 18.2 Å². The van der Waals surface area contributed by atoms with Crippen LogP contribution in [0.15, 0.2) is 89.7 Å². The highest BCUT2D eigenvalue weighted by molar-refractivity contribution is 7.94. The van der Waals surface area contributed by atoms with Crippen molar-refractivity contribution in [1.82, 2.24) is 9.97 Å². The number of anilines is 3. The number of aromatic nitrogens is 2. The average molecular weight is 466 g/mol. The maximum atomic E-state index is 13.1. The zero-order chi connectivity index (χ0) is 22.6. The Balaban J connectivity index is 1.45. The van der Waals surface area contributed by atoms with Gasteiger partial charge in [0.2, 0.25) is 0 Å². The number of amides is 2. The fourth-order valence-electron chi connectivity index (χ4n) is 2.88. The molecule has 0 saturated carbocycles. The summed E-state index contributed by atoms with van der Waals surface area (Å²) in [7, 11) is -2.25. The van der Waals surface area contributed by atoms with Gasteiger partial charge in [0.15, 0.2) is 0 Å². The quantitative estimate of drug-likeness (QED) is 0.430. The summed E-state index contributed by atoms with van der Waals surface area (Å²) in [6.45, 7) is 0. The van der Waals surface area contributed by atoms with Crippen molar-refractivity contribution in [1.29, 1.82) is 0 Å². The van der Waals surface area contributed by atoms with E-state index < -0.39 is 10.0 Å². The van der Waals surface area contributed by atoms with Gasteiger partial charge in [-0.05, 0) is 48.5 Å². The monoisotopic (exact) mass is 465 g/mol. The Morgan fingerprint density at radius 1 is 0.875 bits per heavy atom. The third-order valence-electron chi connectivity index (χ3n) is 4.56. The van der Waals surface area contributed by atoms with Crippen molar-refractivity contribution in [2.24, 2.45) is 0 Å². The maximum Gasteiger partial charge on any atom is 0.323 e. The molecule has 32 heavy (non-hydrogen) atoms. The van der Waals surface area contributed by atoms with Crippen molar-refractivity contribution in [3.05, 3.63) is 85.5 Å². The predicted molar refractivity (Wildman–Crippen MR) is 126 cm³/mol. The molecule has 4 rings (SSSR count). The van der Waals surface area contributed by atoms with E-state index in [9.17, 15) is 13.2 Å². The number of carbonyl (C=O) groups excluding carboxylic acids is 1. The van der Waals surface area contributed by atoms with E-state index in [2.05, 4.69) is 20.6 Å². The van der Waals surface area contributed by atoms with Crippen LogP contribution in [0.3, 0.4) is 0 Å². The summed E-state index contributed by atoms with van der Waals surface area (Å²) in [6.07, 6.45) is 4.70. The summed E-state index contributed by atoms with van der Waals surface area (Å²) in [5.74, 6) is 0. The van der Waals surface area contributed by atoms with Gasteiger partial charge < -0.3 is 10.6 Å². The number of nitrogens with zero attached hydrogens (tertiary/aromatic N) is 3. The van der Waals surface area contributed by atoms with Gasteiger partial charge in [-0.2, -0.15) is 0 Å². The first-order chi connectivity index (χ1) is 15.4. The molecule has 8 nitrogen and oxygen atoms in total. The van der Waals surface area contributed by atoms with Gasteiger partial charge in [0.1, 0.15) is 10.5 Å². The molecule has 0 aliphatic heterocycles. The second kappa shape index (κ2) is 9.16. The van der Waals surface area contributed by atoms with Crippen LogP contribution in [-0.2, 0) is 10.0 Å². The first-order valence-electron chi connectivity index (χ1n) is 9.51. The van der Waals surface area contributed by atoms with Crippen molar-refractivity contribution in [2.45, 2.75) is 4.21 Å². The molecule has 10 heteroatoms. The van der Waals surface area contributed by atoms with E-state index >= 15 is 0 Å². The van der Waals surface area contributed by atoms with Gasteiger partial charge in [-0.1, -0.05) is 18.2 Å². The second-order valence-electron chi connectivity index (χ2n) is 6.71. The zero-order valence-corrected chi connectivity index (χ0v) is 18.6. The zero-order valence-electron chi connectivity index (χ0n) is 17.0. The molecule has 0 unspecified atom stereocenters. The number of hydrogen-bond donors (Lipinski definition) is 2. The molecular weight excluding hydrogens is 446 g/mol. The van der Waals surface area contributed by atoms with Gasteiger partial charge in [0, 0.05) is 41.3 Å². The lowest BCUT2D eigenvalue weighted by molar-refractivity contribution is 0.262. The summed E-state index contributed by atoms with van der Waals surface area (Å²) in [5.41, 5.74) is 2.43. The fourth-order valence-corrected chi connectivity index (χ4v) is 5.53. The van der Waals surface area contributed by atoms with Crippen LogP contribution in [0.25, 0.3) is 10.4 Å². The second-order valence-corrected chi connectivity index (χ2v) is 9.99. The van der Waals surface area contributed by atoms with Crippen LogP contribution in [0.4, 0.5) is 21.9 Å². The Hall–Kier alpha value is -3.76. The predicted octanol–water partition coefficient (Wildman–Crippen LogP) is 4.67. The van der Waals surface area contributed by atoms with Crippen LogP contribution in [-0.4, -0.2) is 31.5 Å². The molecule has 2 aromatic carbocycles. The summed E-state index contributed by atoms with van der Waals surface area (Å²) in [6, 6.07) is 18.6. The lowest BCUT2D eigenvalue weighted by Gasteiger charge is -2.19. The molecular formula is C22H19N5O3S2. The molecule has 0 aliphatic rings. The van der Waals surface area contributed by atoms with Crippen LogP contribution in [0.5, 0.6) is 0 Å². The van der Waals surface area contributed by atoms with Gasteiger partial charge in [0.05, 0.1) is 5.69 Å². The highest BCUT2D eigenvalue weighted by Gasteiger charge is 2.23. The molecule has 0 saturated heterocycles.